The molecule has 0 bridgehead atoms. The van der Waals surface area contributed by atoms with Gasteiger partial charge in [0.05, 0.1) is 6.04 Å². The zero-order valence-corrected chi connectivity index (χ0v) is 13.8. The Morgan fingerprint density at radius 3 is 2.29 bits per heavy atom. The number of ketones is 1. The molecule has 1 unspecified atom stereocenters. The first-order chi connectivity index (χ1) is 11.8. The van der Waals surface area contributed by atoms with Crippen LogP contribution in [0.15, 0.2) is 79.0 Å². The number of carbonyl (C=O) groups excluding carboxylic acids is 1. The molecule has 0 aliphatic carbocycles. The number of hydrogen-bond acceptors (Lipinski definition) is 2. The highest BCUT2D eigenvalue weighted by Crippen LogP contribution is 2.37. The minimum atomic E-state index is -0.0809. The van der Waals surface area contributed by atoms with Crippen LogP contribution in [-0.2, 0) is 0 Å². The molecule has 118 valence electrons. The Morgan fingerprint density at radius 1 is 0.917 bits per heavy atom. The molecule has 3 nitrogen and oxygen atoms in total. The second-order valence-corrected chi connectivity index (χ2v) is 6.17. The molecule has 1 aliphatic rings. The second kappa shape index (κ2) is 6.06. The van der Waals surface area contributed by atoms with Crippen LogP contribution in [0.25, 0.3) is 0 Å². The van der Waals surface area contributed by atoms with Crippen LogP contribution in [0.5, 0.6) is 0 Å². The number of para-hydroxylation sites is 1. The van der Waals surface area contributed by atoms with Crippen LogP contribution < -0.4 is 4.90 Å². The summed E-state index contributed by atoms with van der Waals surface area (Å²) >= 11 is 5.66. The van der Waals surface area contributed by atoms with Gasteiger partial charge in [0.1, 0.15) is 0 Å². The Labute approximate surface area is 146 Å². The second-order valence-electron chi connectivity index (χ2n) is 5.80. The predicted octanol–water partition coefficient (Wildman–Crippen LogP) is 4.46. The summed E-state index contributed by atoms with van der Waals surface area (Å²) in [6, 6.07) is 23.4. The number of hydrogen-bond donors (Lipinski definition) is 0. The van der Waals surface area contributed by atoms with Crippen molar-refractivity contribution in [1.29, 1.82) is 0 Å². The average molecular weight is 332 g/mol. The van der Waals surface area contributed by atoms with Crippen LogP contribution in [0.3, 0.4) is 0 Å². The number of benzene rings is 2. The molecule has 1 aromatic heterocycles. The molecule has 0 N–H and O–H groups in total. The third-order valence-electron chi connectivity index (χ3n) is 4.35. The molecule has 0 amide bonds. The summed E-state index contributed by atoms with van der Waals surface area (Å²) in [5.74, 6) is 0.124. The van der Waals surface area contributed by atoms with E-state index in [4.69, 9.17) is 12.2 Å². The van der Waals surface area contributed by atoms with Crippen LogP contribution in [0, 0.1) is 0 Å². The summed E-state index contributed by atoms with van der Waals surface area (Å²) in [5, 5.41) is 0.715. The van der Waals surface area contributed by atoms with Crippen molar-refractivity contribution in [3.8, 4) is 0 Å². The van der Waals surface area contributed by atoms with Crippen molar-refractivity contribution in [2.24, 2.45) is 0 Å². The molecule has 0 radical (unpaired) electrons. The number of Topliss-reactive ketones (excluding diaryl/α,β-unsaturated/α-hetero) is 1. The van der Waals surface area contributed by atoms with E-state index in [1.54, 1.807) is 0 Å². The summed E-state index contributed by atoms with van der Waals surface area (Å²) in [7, 11) is 0. The van der Waals surface area contributed by atoms with Crippen LogP contribution in [0.2, 0.25) is 0 Å². The van der Waals surface area contributed by atoms with Crippen LogP contribution in [0.1, 0.15) is 28.5 Å². The number of rotatable bonds is 4. The Balaban J connectivity index is 1.71. The Hall–Kier alpha value is -2.72. The average Bonchev–Trinajstić information content (AvgIpc) is 3.20. The Morgan fingerprint density at radius 2 is 1.58 bits per heavy atom. The van der Waals surface area contributed by atoms with E-state index in [0.29, 0.717) is 11.5 Å². The fourth-order valence-electron chi connectivity index (χ4n) is 3.21. The van der Waals surface area contributed by atoms with Gasteiger partial charge < -0.3 is 4.90 Å². The van der Waals surface area contributed by atoms with Gasteiger partial charge in [0, 0.05) is 29.6 Å². The van der Waals surface area contributed by atoms with Crippen molar-refractivity contribution in [3.63, 3.8) is 0 Å². The lowest BCUT2D eigenvalue weighted by atomic mass is 10.0. The zero-order valence-electron chi connectivity index (χ0n) is 13.0. The van der Waals surface area contributed by atoms with Gasteiger partial charge >= 0.3 is 0 Å². The molecule has 0 fully saturated rings. The number of nitrogens with zero attached hydrogens (tertiary/aromatic N) is 2. The lowest BCUT2D eigenvalue weighted by Gasteiger charge is -2.25. The molecule has 24 heavy (non-hydrogen) atoms. The van der Waals surface area contributed by atoms with Crippen molar-refractivity contribution in [2.75, 3.05) is 4.90 Å². The summed E-state index contributed by atoms with van der Waals surface area (Å²) in [5.41, 5.74) is 2.81. The molecule has 1 aliphatic heterocycles. The smallest absolute Gasteiger partial charge is 0.185 e. The summed E-state index contributed by atoms with van der Waals surface area (Å²) < 4.78 is 1.99. The molecule has 1 atom stereocenters. The fraction of sp³-hybridized carbons (Fsp3) is 0.100. The summed E-state index contributed by atoms with van der Waals surface area (Å²) in [6.07, 6.45) is 2.35. The van der Waals surface area contributed by atoms with Crippen LogP contribution in [0.4, 0.5) is 5.69 Å². The SMILES string of the molecule is O=C(CC1c2cccn2C(=S)N1c1ccccc1)c1ccccc1. The zero-order chi connectivity index (χ0) is 16.5. The quantitative estimate of drug-likeness (QED) is 0.521. The molecular weight excluding hydrogens is 316 g/mol. The number of aromatic nitrogens is 1. The van der Waals surface area contributed by atoms with E-state index in [1.807, 2.05) is 83.6 Å². The normalized spacial score (nSPS) is 16.2. The van der Waals surface area contributed by atoms with E-state index in [0.717, 1.165) is 16.9 Å². The van der Waals surface area contributed by atoms with Crippen molar-refractivity contribution in [2.45, 2.75) is 12.5 Å². The van der Waals surface area contributed by atoms with Crippen LogP contribution in [-0.4, -0.2) is 15.5 Å². The van der Waals surface area contributed by atoms with Gasteiger partial charge in [-0.25, -0.2) is 0 Å². The van der Waals surface area contributed by atoms with E-state index in [2.05, 4.69) is 4.90 Å². The molecular formula is C20H16N2OS. The Bertz CT molecular complexity index is 886. The third-order valence-corrected chi connectivity index (χ3v) is 4.75. The van der Waals surface area contributed by atoms with Crippen molar-refractivity contribution >= 4 is 28.8 Å². The molecule has 0 saturated heterocycles. The van der Waals surface area contributed by atoms with Crippen LogP contribution >= 0.6 is 12.2 Å². The van der Waals surface area contributed by atoms with E-state index in [-0.39, 0.29) is 11.8 Å². The highest BCUT2D eigenvalue weighted by Gasteiger charge is 2.36. The van der Waals surface area contributed by atoms with Gasteiger partial charge in [-0.15, -0.1) is 0 Å². The molecule has 3 aromatic rings. The van der Waals surface area contributed by atoms with E-state index in [1.165, 1.54) is 0 Å². The van der Waals surface area contributed by atoms with Gasteiger partial charge in [-0.2, -0.15) is 0 Å². The lowest BCUT2D eigenvalue weighted by Crippen LogP contribution is -2.30. The standard InChI is InChI=1S/C20H16N2OS/c23-19(15-8-3-1-4-9-15)14-18-17-12-7-13-21(17)20(24)22(18)16-10-5-2-6-11-16/h1-13,18H,14H2. The molecule has 2 aromatic carbocycles. The van der Waals surface area contributed by atoms with Crippen molar-refractivity contribution < 1.29 is 4.79 Å². The number of carbonyl (C=O) groups is 1. The van der Waals surface area contributed by atoms with Gasteiger partial charge in [-0.1, -0.05) is 48.5 Å². The van der Waals surface area contributed by atoms with Crippen molar-refractivity contribution in [3.05, 3.63) is 90.3 Å². The van der Waals surface area contributed by atoms with Crippen molar-refractivity contribution in [1.82, 2.24) is 4.57 Å². The first kappa shape index (κ1) is 14.8. The number of thiocarbonyl (C=S) groups is 1. The maximum absolute atomic E-state index is 12.7. The molecule has 4 rings (SSSR count). The molecule has 0 spiro atoms. The van der Waals surface area contributed by atoms with E-state index >= 15 is 0 Å². The first-order valence-electron chi connectivity index (χ1n) is 7.90. The predicted molar refractivity (Wildman–Crippen MR) is 99.5 cm³/mol. The van der Waals surface area contributed by atoms with Gasteiger partial charge in [0.2, 0.25) is 0 Å². The molecule has 2 heterocycles. The largest absolute Gasteiger partial charge is 0.309 e. The first-order valence-corrected chi connectivity index (χ1v) is 8.30. The fourth-order valence-corrected chi connectivity index (χ4v) is 3.61. The Kier molecular flexibility index (Phi) is 3.75. The minimum Gasteiger partial charge on any atom is -0.309 e. The van der Waals surface area contributed by atoms with Gasteiger partial charge in [-0.3, -0.25) is 9.36 Å². The monoisotopic (exact) mass is 332 g/mol. The summed E-state index contributed by atoms with van der Waals surface area (Å²) in [4.78, 5) is 14.8. The number of fused-ring (bicyclic) bond motifs is 1. The lowest BCUT2D eigenvalue weighted by molar-refractivity contribution is 0.0975. The maximum atomic E-state index is 12.7. The number of anilines is 1. The summed E-state index contributed by atoms with van der Waals surface area (Å²) in [6.45, 7) is 0. The third kappa shape index (κ3) is 2.45. The minimum absolute atomic E-state index is 0.0809. The van der Waals surface area contributed by atoms with E-state index < -0.39 is 0 Å². The highest BCUT2D eigenvalue weighted by atomic mass is 32.1. The van der Waals surface area contributed by atoms with E-state index in [9.17, 15) is 4.79 Å². The van der Waals surface area contributed by atoms with Gasteiger partial charge in [-0.05, 0) is 36.5 Å². The van der Waals surface area contributed by atoms with Gasteiger partial charge in [0.25, 0.3) is 0 Å². The molecule has 4 heteroatoms. The maximum Gasteiger partial charge on any atom is 0.185 e. The molecule has 0 saturated carbocycles. The highest BCUT2D eigenvalue weighted by molar-refractivity contribution is 7.80. The van der Waals surface area contributed by atoms with Gasteiger partial charge in [0.15, 0.2) is 10.9 Å². The topological polar surface area (TPSA) is 25.2 Å².